The number of rotatable bonds is 8. The number of carbonyl (C=O) groups excluding carboxylic acids is 1. The highest BCUT2D eigenvalue weighted by Gasteiger charge is 2.35. The number of nitrogen functional groups attached to an aromatic ring is 1. The Labute approximate surface area is 191 Å². The van der Waals surface area contributed by atoms with E-state index in [1.54, 1.807) is 6.20 Å². The summed E-state index contributed by atoms with van der Waals surface area (Å²) in [6.45, 7) is 0.426. The molecule has 8 heteroatoms. The van der Waals surface area contributed by atoms with Crippen LogP contribution in [-0.4, -0.2) is 33.0 Å². The Morgan fingerprint density at radius 3 is 2.73 bits per heavy atom. The Kier molecular flexibility index (Phi) is 5.66. The number of primary amides is 1. The minimum Gasteiger partial charge on any atom is -0.489 e. The normalized spacial score (nSPS) is 17.6. The van der Waals surface area contributed by atoms with Crippen LogP contribution in [0.3, 0.4) is 0 Å². The van der Waals surface area contributed by atoms with Crippen LogP contribution in [0.25, 0.3) is 16.8 Å². The number of imidazole rings is 1. The second-order valence-corrected chi connectivity index (χ2v) is 8.22. The Morgan fingerprint density at radius 1 is 1.12 bits per heavy atom. The lowest BCUT2D eigenvalue weighted by Crippen LogP contribution is -2.33. The first-order valence-corrected chi connectivity index (χ1v) is 10.9. The zero-order valence-corrected chi connectivity index (χ0v) is 18.1. The number of benzene rings is 2. The van der Waals surface area contributed by atoms with Crippen molar-refractivity contribution in [2.45, 2.75) is 31.5 Å². The minimum atomic E-state index is -0.458. The molecule has 1 amide bonds. The number of aromatic nitrogens is 3. The second kappa shape index (κ2) is 8.91. The molecule has 0 spiro atoms. The maximum atomic E-state index is 11.0. The topological polar surface area (TPSA) is 118 Å². The number of ether oxygens (including phenoxy) is 2. The summed E-state index contributed by atoms with van der Waals surface area (Å²) in [4.78, 5) is 20.2. The molecular formula is C25H25N5O3. The molecule has 0 radical (unpaired) electrons. The van der Waals surface area contributed by atoms with E-state index in [0.717, 1.165) is 46.8 Å². The lowest BCUT2D eigenvalue weighted by molar-refractivity contribution is -0.126. The predicted molar refractivity (Wildman–Crippen MR) is 125 cm³/mol. The van der Waals surface area contributed by atoms with Gasteiger partial charge in [0.15, 0.2) is 0 Å². The minimum absolute atomic E-state index is 0.00667. The average molecular weight is 444 g/mol. The van der Waals surface area contributed by atoms with Crippen LogP contribution in [0, 0.1) is 0 Å². The average Bonchev–Trinajstić information content (AvgIpc) is 3.18. The molecule has 4 N–H and O–H groups in total. The van der Waals surface area contributed by atoms with Crippen LogP contribution in [0.2, 0.25) is 0 Å². The largest absolute Gasteiger partial charge is 0.489 e. The first kappa shape index (κ1) is 21.0. The van der Waals surface area contributed by atoms with E-state index in [4.69, 9.17) is 25.9 Å². The van der Waals surface area contributed by atoms with Crippen LogP contribution in [-0.2, 0) is 16.1 Å². The Morgan fingerprint density at radius 2 is 1.94 bits per heavy atom. The summed E-state index contributed by atoms with van der Waals surface area (Å²) < 4.78 is 13.5. The van der Waals surface area contributed by atoms with Crippen molar-refractivity contribution in [1.29, 1.82) is 0 Å². The zero-order valence-electron chi connectivity index (χ0n) is 18.1. The molecule has 1 aliphatic carbocycles. The van der Waals surface area contributed by atoms with Gasteiger partial charge in [-0.3, -0.25) is 9.20 Å². The van der Waals surface area contributed by atoms with Gasteiger partial charge in [0.1, 0.15) is 41.8 Å². The summed E-state index contributed by atoms with van der Waals surface area (Å²) in [7, 11) is 0. The van der Waals surface area contributed by atoms with Crippen molar-refractivity contribution in [2.75, 3.05) is 12.3 Å². The van der Waals surface area contributed by atoms with Crippen LogP contribution in [0.5, 0.6) is 5.75 Å². The van der Waals surface area contributed by atoms with E-state index >= 15 is 0 Å². The lowest BCUT2D eigenvalue weighted by atomic mass is 9.81. The highest BCUT2D eigenvalue weighted by atomic mass is 16.5. The van der Waals surface area contributed by atoms with Gasteiger partial charge in [-0.1, -0.05) is 42.5 Å². The molecule has 1 fully saturated rings. The molecule has 0 unspecified atom stereocenters. The molecule has 4 aromatic rings. The summed E-state index contributed by atoms with van der Waals surface area (Å²) in [5, 5.41) is 0. The van der Waals surface area contributed by atoms with Gasteiger partial charge in [0.05, 0.1) is 6.10 Å². The van der Waals surface area contributed by atoms with E-state index in [9.17, 15) is 4.79 Å². The fourth-order valence-electron chi connectivity index (χ4n) is 4.16. The third kappa shape index (κ3) is 4.38. The molecule has 168 valence electrons. The number of anilines is 1. The molecule has 2 aromatic carbocycles. The third-order valence-corrected chi connectivity index (χ3v) is 5.89. The van der Waals surface area contributed by atoms with E-state index in [0.29, 0.717) is 12.4 Å². The van der Waals surface area contributed by atoms with Gasteiger partial charge in [0.2, 0.25) is 5.91 Å². The van der Waals surface area contributed by atoms with Crippen molar-refractivity contribution < 1.29 is 14.3 Å². The standard InChI is InChI=1S/C25H25N5O3/c26-21(31)15-33-20-12-18(13-20)25-29-22(23-24(27)28-9-10-30(23)25)17-7-4-8-19(11-17)32-14-16-5-2-1-3-6-16/h1-11,18,20H,12-15H2,(H2,26,31)(H2,27,28)/t18-,20+. The maximum absolute atomic E-state index is 11.0. The number of fused-ring (bicyclic) bond motifs is 1. The van der Waals surface area contributed by atoms with Crippen LogP contribution in [0.15, 0.2) is 67.0 Å². The number of hydrogen-bond donors (Lipinski definition) is 2. The number of amides is 1. The Bertz CT molecular complexity index is 1280. The second-order valence-electron chi connectivity index (χ2n) is 8.22. The Balaban J connectivity index is 1.41. The van der Waals surface area contributed by atoms with Gasteiger partial charge in [-0.05, 0) is 30.5 Å². The van der Waals surface area contributed by atoms with Gasteiger partial charge < -0.3 is 20.9 Å². The van der Waals surface area contributed by atoms with Crippen molar-refractivity contribution in [1.82, 2.24) is 14.4 Å². The Hall–Kier alpha value is -3.91. The third-order valence-electron chi connectivity index (χ3n) is 5.89. The molecule has 2 heterocycles. The van der Waals surface area contributed by atoms with Crippen molar-refractivity contribution in [2.24, 2.45) is 5.73 Å². The first-order valence-electron chi connectivity index (χ1n) is 10.9. The predicted octanol–water partition coefficient (Wildman–Crippen LogP) is 3.31. The van der Waals surface area contributed by atoms with Crippen molar-refractivity contribution in [3.8, 4) is 17.0 Å². The van der Waals surface area contributed by atoms with E-state index in [1.807, 2.05) is 65.2 Å². The zero-order chi connectivity index (χ0) is 22.8. The molecule has 33 heavy (non-hydrogen) atoms. The van der Waals surface area contributed by atoms with Gasteiger partial charge in [-0.2, -0.15) is 0 Å². The summed E-state index contributed by atoms with van der Waals surface area (Å²) in [6.07, 6.45) is 5.11. The number of nitrogens with zero attached hydrogens (tertiary/aromatic N) is 3. The van der Waals surface area contributed by atoms with Gasteiger partial charge in [-0.25, -0.2) is 9.97 Å². The van der Waals surface area contributed by atoms with Crippen LogP contribution < -0.4 is 16.2 Å². The highest BCUT2D eigenvalue weighted by Crippen LogP contribution is 2.41. The summed E-state index contributed by atoms with van der Waals surface area (Å²) >= 11 is 0. The smallest absolute Gasteiger partial charge is 0.243 e. The van der Waals surface area contributed by atoms with E-state index in [-0.39, 0.29) is 18.6 Å². The van der Waals surface area contributed by atoms with Gasteiger partial charge >= 0.3 is 0 Å². The highest BCUT2D eigenvalue weighted by molar-refractivity contribution is 5.85. The summed E-state index contributed by atoms with van der Waals surface area (Å²) in [5.74, 6) is 1.82. The molecule has 0 saturated heterocycles. The SMILES string of the molecule is NC(=O)CO[C@H]1C[C@@H](c2nc(-c3cccc(OCc4ccccc4)c3)c3c(N)nccn32)C1. The van der Waals surface area contributed by atoms with Gasteiger partial charge in [-0.15, -0.1) is 0 Å². The van der Waals surface area contributed by atoms with E-state index in [2.05, 4.69) is 4.98 Å². The van der Waals surface area contributed by atoms with Crippen molar-refractivity contribution >= 4 is 17.2 Å². The van der Waals surface area contributed by atoms with Crippen molar-refractivity contribution in [3.63, 3.8) is 0 Å². The molecule has 8 nitrogen and oxygen atoms in total. The number of nitrogens with two attached hydrogens (primary N) is 2. The molecule has 2 aromatic heterocycles. The first-order chi connectivity index (χ1) is 16.1. The quantitative estimate of drug-likeness (QED) is 0.431. The molecule has 0 bridgehead atoms. The molecule has 0 atom stereocenters. The number of carbonyl (C=O) groups is 1. The lowest BCUT2D eigenvalue weighted by Gasteiger charge is -2.33. The van der Waals surface area contributed by atoms with E-state index in [1.165, 1.54) is 0 Å². The van der Waals surface area contributed by atoms with Crippen LogP contribution in [0.1, 0.15) is 30.1 Å². The molecule has 1 saturated carbocycles. The molecule has 1 aliphatic rings. The fourth-order valence-corrected chi connectivity index (χ4v) is 4.16. The molecule has 5 rings (SSSR count). The van der Waals surface area contributed by atoms with Gasteiger partial charge in [0, 0.05) is 23.9 Å². The monoisotopic (exact) mass is 443 g/mol. The molecular weight excluding hydrogens is 418 g/mol. The van der Waals surface area contributed by atoms with Gasteiger partial charge in [0.25, 0.3) is 0 Å². The van der Waals surface area contributed by atoms with Crippen LogP contribution in [0.4, 0.5) is 5.82 Å². The van der Waals surface area contributed by atoms with E-state index < -0.39 is 5.91 Å². The summed E-state index contributed by atoms with van der Waals surface area (Å²) in [6, 6.07) is 17.9. The maximum Gasteiger partial charge on any atom is 0.243 e. The fraction of sp³-hybridized carbons (Fsp3) is 0.240. The number of hydrogen-bond acceptors (Lipinski definition) is 6. The summed E-state index contributed by atoms with van der Waals surface area (Å²) in [5.41, 5.74) is 15.0. The van der Waals surface area contributed by atoms with Crippen LogP contribution >= 0.6 is 0 Å². The van der Waals surface area contributed by atoms with Crippen molar-refractivity contribution in [3.05, 3.63) is 78.4 Å². The molecule has 0 aliphatic heterocycles.